The van der Waals surface area contributed by atoms with Gasteiger partial charge in [0.15, 0.2) is 6.40 Å². The minimum atomic E-state index is -0.278. The Balaban J connectivity index is -0.0000000771. The zero-order valence-corrected chi connectivity index (χ0v) is 45.1. The quantitative estimate of drug-likeness (QED) is 0.0324. The molecule has 18 nitrogen and oxygen atoms in total. The molecule has 3 rings (SSSR count). The molecule has 0 fully saturated rings. The molecule has 52 heavy (non-hydrogen) atoms. The van der Waals surface area contributed by atoms with Gasteiger partial charge in [-0.05, 0) is 57.9 Å². The number of nitrogens with zero attached hydrogens (tertiary/aromatic N) is 10. The van der Waals surface area contributed by atoms with Crippen LogP contribution >= 0.6 is 154 Å². The SMILES string of the molecule is CC.CCI.CN.CNc1nc(Cl)nc(NC)n1.CNc1nc(NC)nc(N(C)OC)n1.COC=N.Cl.Cl.Clc1nc(Cl)nc(Cl)n1.[CH3-].[I][V]([I])[I]. The number of halogens is 10. The second-order valence-electron chi connectivity index (χ2n) is 6.17. The van der Waals surface area contributed by atoms with E-state index >= 15 is 0 Å². The van der Waals surface area contributed by atoms with E-state index in [9.17, 15) is 0 Å². The van der Waals surface area contributed by atoms with Gasteiger partial charge in [0, 0.05) is 35.2 Å². The summed E-state index contributed by atoms with van der Waals surface area (Å²) in [4.78, 5) is 38.8. The number of rotatable bonds is 7. The van der Waals surface area contributed by atoms with Gasteiger partial charge in [-0.1, -0.05) is 43.4 Å². The second kappa shape index (κ2) is 51.7. The summed E-state index contributed by atoms with van der Waals surface area (Å²) in [6.07, 6.45) is 0.875. The van der Waals surface area contributed by atoms with Gasteiger partial charge in [-0.15, -0.1) is 24.8 Å². The van der Waals surface area contributed by atoms with Crippen molar-refractivity contribution in [1.29, 1.82) is 5.41 Å². The molecule has 0 unspecified atom stereocenters. The molecule has 29 heteroatoms. The maximum atomic E-state index is 6.10. The van der Waals surface area contributed by atoms with Crippen molar-refractivity contribution in [3.8, 4) is 0 Å². The van der Waals surface area contributed by atoms with Crippen LogP contribution in [0.5, 0.6) is 0 Å². The van der Waals surface area contributed by atoms with Crippen molar-refractivity contribution in [2.75, 3.05) is 87.3 Å². The number of alkyl halides is 1. The van der Waals surface area contributed by atoms with Gasteiger partial charge in [-0.3, -0.25) is 10.2 Å². The van der Waals surface area contributed by atoms with Crippen LogP contribution in [0.15, 0.2) is 0 Å². The van der Waals surface area contributed by atoms with Crippen molar-refractivity contribution in [1.82, 2.24) is 44.9 Å². The van der Waals surface area contributed by atoms with E-state index in [4.69, 9.17) is 56.7 Å². The summed E-state index contributed by atoms with van der Waals surface area (Å²) in [7, 11) is 13.1. The standard InChI is InChI=1S/C7H14N6O.C5H8ClN5.C3Cl3N3.C2H5I.C2H5NO.C2H6.CH5N.CH3.2ClH.3HI.V/c1-8-5-10-6(9-2)12-7(11-5)13(3)14-4;1-7-4-9-3(6)10-5(8-2)11-4;4-1-7-2(5)9-3(6)8-1;1-2-3;1-4-2-3;2*1-2;;;;;;;/h1-4H3,(H2,8,9,10,11,12);1-2H3,(H2,7,8,9,10,11);;2H2,1H3;2-3H,1H3;1-2H3;2H2,1H3;1H3;5*1H;/q;;;;;;;-1;;;;;;+3/p-3. The third-order valence-corrected chi connectivity index (χ3v) is 4.03. The topological polar surface area (TPSA) is 236 Å². The van der Waals surface area contributed by atoms with Crippen LogP contribution in [0.1, 0.15) is 20.8 Å². The summed E-state index contributed by atoms with van der Waals surface area (Å²) in [6.45, 7) is 6.11. The first-order chi connectivity index (χ1) is 23.2. The Morgan fingerprint density at radius 2 is 0.904 bits per heavy atom. The number of methoxy groups -OCH3 is 1. The van der Waals surface area contributed by atoms with E-state index in [1.54, 1.807) is 42.3 Å². The first-order valence-electron chi connectivity index (χ1n) is 13.0. The molecule has 0 atom stereocenters. The van der Waals surface area contributed by atoms with E-state index in [0.717, 1.165) is 6.40 Å². The molecular formula is C23H48Cl6I4N16O2V-. The Kier molecular flexibility index (Phi) is 70.0. The molecule has 0 aliphatic heterocycles. The molecule has 3 aromatic rings. The molecule has 0 bridgehead atoms. The van der Waals surface area contributed by atoms with Gasteiger partial charge in [0.05, 0.1) is 14.2 Å². The second-order valence-corrected chi connectivity index (χ2v) is 44.4. The molecule has 0 amide bonds. The predicted octanol–water partition coefficient (Wildman–Crippen LogP) is 8.62. The van der Waals surface area contributed by atoms with Gasteiger partial charge in [0.25, 0.3) is 5.95 Å². The number of hydrogen-bond acceptors (Lipinski definition) is 18. The van der Waals surface area contributed by atoms with Gasteiger partial charge in [0.2, 0.25) is 44.9 Å². The fourth-order valence-electron chi connectivity index (χ4n) is 1.69. The number of hydrogen-bond donors (Lipinski definition) is 6. The first kappa shape index (κ1) is 70.5. The van der Waals surface area contributed by atoms with Crippen molar-refractivity contribution in [2.24, 2.45) is 5.73 Å². The molecule has 0 aliphatic rings. The van der Waals surface area contributed by atoms with E-state index in [1.165, 1.54) is 23.6 Å². The van der Waals surface area contributed by atoms with Crippen molar-refractivity contribution < 1.29 is 14.5 Å². The summed E-state index contributed by atoms with van der Waals surface area (Å²) in [5.41, 5.74) is 4.50. The van der Waals surface area contributed by atoms with Crippen LogP contribution < -0.4 is 32.1 Å². The molecule has 3 aromatic heterocycles. The average Bonchev–Trinajstić information content (AvgIpc) is 3.09. The van der Waals surface area contributed by atoms with Gasteiger partial charge >= 0.3 is 64.9 Å². The van der Waals surface area contributed by atoms with E-state index in [0.29, 0.717) is 29.7 Å². The molecule has 0 aliphatic carbocycles. The molecule has 0 saturated heterocycles. The van der Waals surface area contributed by atoms with Crippen LogP contribution in [-0.2, 0) is 14.5 Å². The van der Waals surface area contributed by atoms with Crippen LogP contribution in [0.4, 0.5) is 29.7 Å². The van der Waals surface area contributed by atoms with Gasteiger partial charge in [0.1, 0.15) is 0 Å². The molecule has 0 radical (unpaired) electrons. The number of anilines is 5. The summed E-state index contributed by atoms with van der Waals surface area (Å²) < 4.78 is 5.30. The molecule has 7 N–H and O–H groups in total. The fraction of sp³-hybridized carbons (Fsp3) is 0.522. The predicted molar refractivity (Wildman–Crippen MR) is 258 cm³/mol. The Morgan fingerprint density at radius 1 is 0.692 bits per heavy atom. The zero-order chi connectivity index (χ0) is 39.4. The van der Waals surface area contributed by atoms with Crippen LogP contribution in [-0.4, -0.2) is 112 Å². The number of ether oxygens (including phenoxy) is 1. The maximum absolute atomic E-state index is 6.10. The number of hydroxylamine groups is 1. The Hall–Kier alpha value is 0.664. The van der Waals surface area contributed by atoms with Crippen molar-refractivity contribution in [2.45, 2.75) is 20.8 Å². The molecule has 0 aromatic carbocycles. The van der Waals surface area contributed by atoms with Gasteiger partial charge in [-0.2, -0.15) is 44.9 Å². The van der Waals surface area contributed by atoms with E-state index < -0.39 is 0 Å². The average molecular weight is 1350 g/mol. The van der Waals surface area contributed by atoms with Crippen molar-refractivity contribution >= 4 is 190 Å². The third kappa shape index (κ3) is 46.8. The minimum absolute atomic E-state index is 0. The van der Waals surface area contributed by atoms with E-state index in [-0.39, 0.29) is 58.3 Å². The number of nitrogens with two attached hydrogens (primary N) is 1. The Bertz CT molecular complexity index is 1120. The summed E-state index contributed by atoms with van der Waals surface area (Å²) in [5.74, 6) is 2.33. The van der Waals surface area contributed by atoms with Crippen LogP contribution in [0, 0.1) is 12.8 Å². The van der Waals surface area contributed by atoms with Crippen LogP contribution in [0.25, 0.3) is 0 Å². The summed E-state index contributed by atoms with van der Waals surface area (Å²) in [6, 6.07) is 0. The molecule has 0 saturated carbocycles. The van der Waals surface area contributed by atoms with Crippen LogP contribution in [0.3, 0.4) is 0 Å². The monoisotopic (exact) mass is 1350 g/mol. The zero-order valence-electron chi connectivity index (χ0n) is 30.4. The fourth-order valence-corrected chi connectivity index (χ4v) is 2.46. The van der Waals surface area contributed by atoms with Gasteiger partial charge < -0.3 is 39.2 Å². The normalized spacial score (nSPS) is 7.94. The number of nitrogens with one attached hydrogen (secondary N) is 5. The third-order valence-electron chi connectivity index (χ3n) is 3.35. The molecule has 0 spiro atoms. The summed E-state index contributed by atoms with van der Waals surface area (Å²) in [5, 5.41) is 18.9. The van der Waals surface area contributed by atoms with Crippen LogP contribution in [0.2, 0.25) is 21.1 Å². The van der Waals surface area contributed by atoms with E-state index in [2.05, 4.69) is 166 Å². The molecular weight excluding hydrogens is 1300 g/mol. The van der Waals surface area contributed by atoms with E-state index in [1.807, 2.05) is 13.8 Å². The number of aromatic nitrogens is 9. The Morgan fingerprint density at radius 3 is 1.10 bits per heavy atom. The van der Waals surface area contributed by atoms with Gasteiger partial charge in [-0.25, -0.2) is 5.06 Å². The molecule has 3 heterocycles. The van der Waals surface area contributed by atoms with Crippen molar-refractivity contribution in [3.63, 3.8) is 0 Å². The first-order valence-corrected chi connectivity index (χ1v) is 29.6. The van der Waals surface area contributed by atoms with Crippen molar-refractivity contribution in [3.05, 3.63) is 28.6 Å². The summed E-state index contributed by atoms with van der Waals surface area (Å²) >= 11 is 31.2. The Labute approximate surface area is 391 Å². The molecule has 308 valence electrons.